The summed E-state index contributed by atoms with van der Waals surface area (Å²) in [5, 5.41) is 2.74. The van der Waals surface area contributed by atoms with Crippen LogP contribution in [0.4, 0.5) is 0 Å². The minimum absolute atomic E-state index is 0.0334. The second-order valence-corrected chi connectivity index (χ2v) is 3.30. The van der Waals surface area contributed by atoms with E-state index in [9.17, 15) is 4.79 Å². The van der Waals surface area contributed by atoms with Crippen molar-refractivity contribution in [3.8, 4) is 0 Å². The molecule has 0 fully saturated rings. The number of nitrogens with one attached hydrogen (secondary N) is 1. The normalized spacial score (nSPS) is 10.7. The van der Waals surface area contributed by atoms with E-state index >= 15 is 0 Å². The van der Waals surface area contributed by atoms with Crippen LogP contribution in [0.5, 0.6) is 0 Å². The van der Waals surface area contributed by atoms with Crippen LogP contribution in [-0.4, -0.2) is 39.5 Å². The Morgan fingerprint density at radius 3 is 2.47 bits per heavy atom. The van der Waals surface area contributed by atoms with Crippen LogP contribution in [0.15, 0.2) is 0 Å². The first kappa shape index (κ1) is 14.3. The smallest absolute Gasteiger partial charge is 0.220 e. The van der Waals surface area contributed by atoms with Gasteiger partial charge in [-0.25, -0.2) is 0 Å². The fourth-order valence-corrected chi connectivity index (χ4v) is 1.16. The average molecular weight is 218 g/mol. The molecule has 0 aliphatic carbocycles. The van der Waals surface area contributed by atoms with E-state index in [0.29, 0.717) is 19.5 Å². The minimum Gasteiger partial charge on any atom is -0.354 e. The molecule has 0 saturated carbocycles. The highest BCUT2D eigenvalue weighted by Crippen LogP contribution is 1.98. The van der Waals surface area contributed by atoms with Crippen LogP contribution >= 0.6 is 0 Å². The molecular formula is C10H22N2O3. The third kappa shape index (κ3) is 8.35. The lowest BCUT2D eigenvalue weighted by Gasteiger charge is -2.13. The predicted molar refractivity (Wildman–Crippen MR) is 58.3 cm³/mol. The van der Waals surface area contributed by atoms with Gasteiger partial charge in [-0.3, -0.25) is 4.79 Å². The molecule has 0 heterocycles. The monoisotopic (exact) mass is 218 g/mol. The summed E-state index contributed by atoms with van der Waals surface area (Å²) in [7, 11) is 3.09. The van der Waals surface area contributed by atoms with Gasteiger partial charge in [-0.15, -0.1) is 0 Å². The fraction of sp³-hybridized carbons (Fsp3) is 0.900. The van der Waals surface area contributed by atoms with Gasteiger partial charge < -0.3 is 20.5 Å². The highest BCUT2D eigenvalue weighted by atomic mass is 16.7. The molecule has 0 saturated heterocycles. The summed E-state index contributed by atoms with van der Waals surface area (Å²) in [5.41, 5.74) is 5.35. The molecular weight excluding hydrogens is 196 g/mol. The van der Waals surface area contributed by atoms with Gasteiger partial charge in [0.15, 0.2) is 6.29 Å². The third-order valence-corrected chi connectivity index (χ3v) is 2.10. The third-order valence-electron chi connectivity index (χ3n) is 2.10. The average Bonchev–Trinajstić information content (AvgIpc) is 2.26. The second kappa shape index (κ2) is 9.89. The molecule has 3 N–H and O–H groups in total. The molecule has 0 rings (SSSR count). The topological polar surface area (TPSA) is 73.6 Å². The lowest BCUT2D eigenvalue weighted by atomic mass is 10.2. The molecule has 1 amide bonds. The number of methoxy groups -OCH3 is 2. The van der Waals surface area contributed by atoms with E-state index in [4.69, 9.17) is 15.2 Å². The summed E-state index contributed by atoms with van der Waals surface area (Å²) in [6, 6.07) is 0. The SMILES string of the molecule is COC(CNC(=O)CCCCCN)OC. The molecule has 0 atom stereocenters. The molecule has 0 radical (unpaired) electrons. The molecule has 15 heavy (non-hydrogen) atoms. The van der Waals surface area contributed by atoms with Crippen molar-refractivity contribution in [1.82, 2.24) is 5.32 Å². The highest BCUT2D eigenvalue weighted by molar-refractivity contribution is 5.75. The van der Waals surface area contributed by atoms with Crippen LogP contribution in [-0.2, 0) is 14.3 Å². The number of carbonyl (C=O) groups is 1. The second-order valence-electron chi connectivity index (χ2n) is 3.30. The van der Waals surface area contributed by atoms with Crippen LogP contribution in [0.25, 0.3) is 0 Å². The molecule has 0 aromatic heterocycles. The van der Waals surface area contributed by atoms with Crippen molar-refractivity contribution in [3.63, 3.8) is 0 Å². The molecule has 0 aromatic carbocycles. The van der Waals surface area contributed by atoms with E-state index in [1.54, 1.807) is 14.2 Å². The zero-order valence-corrected chi connectivity index (χ0v) is 9.62. The maximum absolute atomic E-state index is 11.3. The Balaban J connectivity index is 3.40. The Morgan fingerprint density at radius 1 is 1.27 bits per heavy atom. The van der Waals surface area contributed by atoms with Crippen molar-refractivity contribution in [2.45, 2.75) is 32.0 Å². The quantitative estimate of drug-likeness (QED) is 0.429. The summed E-state index contributed by atoms with van der Waals surface area (Å²) in [5.74, 6) is 0.0334. The molecule has 0 aromatic rings. The molecule has 5 heteroatoms. The number of hydrogen-bond acceptors (Lipinski definition) is 4. The number of amides is 1. The van der Waals surface area contributed by atoms with Crippen LogP contribution in [0, 0.1) is 0 Å². The number of unbranched alkanes of at least 4 members (excludes halogenated alkanes) is 2. The summed E-state index contributed by atoms with van der Waals surface area (Å²) < 4.78 is 9.88. The zero-order chi connectivity index (χ0) is 11.5. The Kier molecular flexibility index (Phi) is 9.46. The van der Waals surface area contributed by atoms with Crippen LogP contribution in [0.2, 0.25) is 0 Å². The van der Waals surface area contributed by atoms with Crippen molar-refractivity contribution in [2.75, 3.05) is 27.3 Å². The molecule has 90 valence electrons. The number of ether oxygens (including phenoxy) is 2. The first-order chi connectivity index (χ1) is 7.24. The maximum Gasteiger partial charge on any atom is 0.220 e. The highest BCUT2D eigenvalue weighted by Gasteiger charge is 2.07. The van der Waals surface area contributed by atoms with E-state index in [2.05, 4.69) is 5.32 Å². The number of carbonyl (C=O) groups excluding carboxylic acids is 1. The van der Waals surface area contributed by atoms with E-state index in [1.807, 2.05) is 0 Å². The molecule has 0 spiro atoms. The molecule has 0 aliphatic rings. The number of nitrogens with two attached hydrogens (primary N) is 1. The minimum atomic E-state index is -0.363. The van der Waals surface area contributed by atoms with Crippen molar-refractivity contribution in [2.24, 2.45) is 5.73 Å². The van der Waals surface area contributed by atoms with Crippen molar-refractivity contribution in [1.29, 1.82) is 0 Å². The van der Waals surface area contributed by atoms with Crippen LogP contribution in [0.1, 0.15) is 25.7 Å². The van der Waals surface area contributed by atoms with Gasteiger partial charge in [0.2, 0.25) is 5.91 Å². The van der Waals surface area contributed by atoms with Crippen molar-refractivity contribution in [3.05, 3.63) is 0 Å². The van der Waals surface area contributed by atoms with Gasteiger partial charge in [-0.2, -0.15) is 0 Å². The largest absolute Gasteiger partial charge is 0.354 e. The summed E-state index contributed by atoms with van der Waals surface area (Å²) in [4.78, 5) is 11.3. The summed E-state index contributed by atoms with van der Waals surface area (Å²) in [6.07, 6.45) is 3.04. The van der Waals surface area contributed by atoms with Crippen LogP contribution < -0.4 is 11.1 Å². The van der Waals surface area contributed by atoms with Crippen molar-refractivity contribution >= 4 is 5.91 Å². The maximum atomic E-state index is 11.3. The first-order valence-electron chi connectivity index (χ1n) is 5.27. The van der Waals surface area contributed by atoms with Gasteiger partial charge in [0.25, 0.3) is 0 Å². The Labute approximate surface area is 91.3 Å². The molecule has 0 bridgehead atoms. The first-order valence-corrected chi connectivity index (χ1v) is 5.27. The Bertz CT molecular complexity index is 161. The Hall–Kier alpha value is -0.650. The lowest BCUT2D eigenvalue weighted by Crippen LogP contribution is -2.33. The molecule has 5 nitrogen and oxygen atoms in total. The summed E-state index contributed by atoms with van der Waals surface area (Å²) in [6.45, 7) is 1.08. The van der Waals surface area contributed by atoms with E-state index in [-0.39, 0.29) is 12.2 Å². The fourth-order valence-electron chi connectivity index (χ4n) is 1.16. The molecule has 0 aliphatic heterocycles. The summed E-state index contributed by atoms with van der Waals surface area (Å²) >= 11 is 0. The Morgan fingerprint density at radius 2 is 1.93 bits per heavy atom. The molecule has 0 unspecified atom stereocenters. The van der Waals surface area contributed by atoms with Gasteiger partial charge in [-0.1, -0.05) is 6.42 Å². The zero-order valence-electron chi connectivity index (χ0n) is 9.62. The lowest BCUT2D eigenvalue weighted by molar-refractivity contribution is -0.127. The standard InChI is InChI=1S/C10H22N2O3/c1-14-10(15-2)8-12-9(13)6-4-3-5-7-11/h10H,3-8,11H2,1-2H3,(H,12,13). The van der Waals surface area contributed by atoms with Gasteiger partial charge in [0.1, 0.15) is 0 Å². The van der Waals surface area contributed by atoms with Crippen molar-refractivity contribution < 1.29 is 14.3 Å². The number of rotatable bonds is 9. The predicted octanol–water partition coefficient (Wildman–Crippen LogP) is 0.241. The number of hydrogen-bond donors (Lipinski definition) is 2. The van der Waals surface area contributed by atoms with E-state index < -0.39 is 0 Å². The van der Waals surface area contributed by atoms with E-state index in [1.165, 1.54) is 0 Å². The van der Waals surface area contributed by atoms with Gasteiger partial charge in [-0.05, 0) is 19.4 Å². The van der Waals surface area contributed by atoms with Gasteiger partial charge in [0, 0.05) is 20.6 Å². The van der Waals surface area contributed by atoms with E-state index in [0.717, 1.165) is 19.3 Å². The van der Waals surface area contributed by atoms with Crippen LogP contribution in [0.3, 0.4) is 0 Å². The van der Waals surface area contributed by atoms with Gasteiger partial charge in [0.05, 0.1) is 6.54 Å². The van der Waals surface area contributed by atoms with Gasteiger partial charge >= 0.3 is 0 Å².